The summed E-state index contributed by atoms with van der Waals surface area (Å²) in [6.45, 7) is 6.96. The van der Waals surface area contributed by atoms with Gasteiger partial charge in [0.1, 0.15) is 0 Å². The second kappa shape index (κ2) is 3.70. The summed E-state index contributed by atoms with van der Waals surface area (Å²) in [5.41, 5.74) is 2.81. The summed E-state index contributed by atoms with van der Waals surface area (Å²) in [5.74, 6) is -0.145. The number of carbonyl (C=O) groups is 1. The van der Waals surface area contributed by atoms with Crippen molar-refractivity contribution in [3.05, 3.63) is 22.8 Å². The molecule has 1 aromatic rings. The second-order valence-electron chi connectivity index (χ2n) is 3.39. The molecule has 0 fully saturated rings. The summed E-state index contributed by atoms with van der Waals surface area (Å²) in [4.78, 5) is 10.8. The van der Waals surface area contributed by atoms with E-state index in [2.05, 4.69) is 0 Å². The van der Waals surface area contributed by atoms with Crippen molar-refractivity contribution in [2.75, 3.05) is 0 Å². The number of rotatable bonds is 1. The molecular formula is C11H14O3. The van der Waals surface area contributed by atoms with Crippen LogP contribution in [0.2, 0.25) is 0 Å². The van der Waals surface area contributed by atoms with E-state index in [0.29, 0.717) is 0 Å². The Balaban J connectivity index is 3.29. The Labute approximate surface area is 83.3 Å². The fraction of sp³-hybridized carbons (Fsp3) is 0.364. The number of benzene rings is 1. The minimum Gasteiger partial charge on any atom is -0.504 e. The summed E-state index contributed by atoms with van der Waals surface area (Å²) < 4.78 is 4.92. The average molecular weight is 194 g/mol. The number of aryl methyl sites for hydroxylation is 1. The highest BCUT2D eigenvalue weighted by atomic mass is 16.5. The largest absolute Gasteiger partial charge is 0.504 e. The lowest BCUT2D eigenvalue weighted by Crippen LogP contribution is -2.04. The molecule has 14 heavy (non-hydrogen) atoms. The molecule has 0 atom stereocenters. The van der Waals surface area contributed by atoms with Gasteiger partial charge in [-0.2, -0.15) is 0 Å². The van der Waals surface area contributed by atoms with Gasteiger partial charge in [-0.25, -0.2) is 0 Å². The van der Waals surface area contributed by atoms with Gasteiger partial charge in [0.15, 0.2) is 11.5 Å². The molecule has 1 aromatic carbocycles. The van der Waals surface area contributed by atoms with E-state index in [0.717, 1.165) is 16.7 Å². The number of ether oxygens (including phenoxy) is 1. The Morgan fingerprint density at radius 3 is 2.36 bits per heavy atom. The molecule has 0 aliphatic carbocycles. The van der Waals surface area contributed by atoms with Crippen LogP contribution in [0.1, 0.15) is 23.6 Å². The zero-order valence-electron chi connectivity index (χ0n) is 8.84. The van der Waals surface area contributed by atoms with Gasteiger partial charge in [-0.15, -0.1) is 0 Å². The van der Waals surface area contributed by atoms with Gasteiger partial charge in [0.05, 0.1) is 0 Å². The molecule has 1 N–H and O–H groups in total. The van der Waals surface area contributed by atoms with Crippen LogP contribution in [0.5, 0.6) is 11.5 Å². The van der Waals surface area contributed by atoms with Crippen molar-refractivity contribution < 1.29 is 14.6 Å². The molecule has 0 radical (unpaired) electrons. The van der Waals surface area contributed by atoms with Crippen molar-refractivity contribution in [3.8, 4) is 11.5 Å². The number of phenolic OH excluding ortho intramolecular Hbond substituents is 1. The summed E-state index contributed by atoms with van der Waals surface area (Å²) in [6, 6.07) is 1.60. The Hall–Kier alpha value is -1.51. The second-order valence-corrected chi connectivity index (χ2v) is 3.39. The molecule has 0 bridgehead atoms. The first-order valence-electron chi connectivity index (χ1n) is 4.41. The van der Waals surface area contributed by atoms with Gasteiger partial charge in [-0.3, -0.25) is 4.79 Å². The third kappa shape index (κ3) is 1.87. The van der Waals surface area contributed by atoms with E-state index in [4.69, 9.17) is 4.74 Å². The van der Waals surface area contributed by atoms with Crippen molar-refractivity contribution >= 4 is 5.97 Å². The SMILES string of the molecule is CC(=O)Oc1c(O)cc(C)c(C)c1C. The van der Waals surface area contributed by atoms with Crippen molar-refractivity contribution in [3.63, 3.8) is 0 Å². The highest BCUT2D eigenvalue weighted by Gasteiger charge is 2.12. The van der Waals surface area contributed by atoms with Crippen LogP contribution in [0.25, 0.3) is 0 Å². The quantitative estimate of drug-likeness (QED) is 0.551. The fourth-order valence-corrected chi connectivity index (χ4v) is 1.31. The maximum atomic E-state index is 10.8. The number of esters is 1. The third-order valence-corrected chi connectivity index (χ3v) is 2.33. The number of hydrogen-bond donors (Lipinski definition) is 1. The Kier molecular flexibility index (Phi) is 2.79. The lowest BCUT2D eigenvalue weighted by molar-refractivity contribution is -0.132. The molecule has 0 amide bonds. The molecule has 0 unspecified atom stereocenters. The molecule has 0 aromatic heterocycles. The van der Waals surface area contributed by atoms with E-state index in [1.165, 1.54) is 6.92 Å². The van der Waals surface area contributed by atoms with E-state index in [-0.39, 0.29) is 11.5 Å². The summed E-state index contributed by atoms with van der Waals surface area (Å²) >= 11 is 0. The van der Waals surface area contributed by atoms with Crippen LogP contribution >= 0.6 is 0 Å². The van der Waals surface area contributed by atoms with Crippen LogP contribution in [-0.4, -0.2) is 11.1 Å². The predicted molar refractivity (Wildman–Crippen MR) is 53.6 cm³/mol. The smallest absolute Gasteiger partial charge is 0.308 e. The van der Waals surface area contributed by atoms with Crippen molar-refractivity contribution in [2.45, 2.75) is 27.7 Å². The lowest BCUT2D eigenvalue weighted by atomic mass is 10.0. The van der Waals surface area contributed by atoms with Crippen molar-refractivity contribution in [1.29, 1.82) is 0 Å². The van der Waals surface area contributed by atoms with Crippen molar-refractivity contribution in [2.24, 2.45) is 0 Å². The first-order chi connectivity index (χ1) is 6.43. The molecule has 0 saturated heterocycles. The zero-order chi connectivity index (χ0) is 10.9. The topological polar surface area (TPSA) is 46.5 Å². The minimum atomic E-state index is -0.424. The molecular weight excluding hydrogens is 180 g/mol. The van der Waals surface area contributed by atoms with E-state index in [1.807, 2.05) is 20.8 Å². The molecule has 1 rings (SSSR count). The number of hydrogen-bond acceptors (Lipinski definition) is 3. The molecule has 3 heteroatoms. The molecule has 76 valence electrons. The van der Waals surface area contributed by atoms with Gasteiger partial charge in [-0.05, 0) is 43.5 Å². The maximum Gasteiger partial charge on any atom is 0.308 e. The molecule has 3 nitrogen and oxygen atoms in total. The van der Waals surface area contributed by atoms with E-state index in [9.17, 15) is 9.90 Å². The van der Waals surface area contributed by atoms with Crippen LogP contribution in [0.4, 0.5) is 0 Å². The van der Waals surface area contributed by atoms with Crippen LogP contribution in [0.15, 0.2) is 6.07 Å². The summed E-state index contributed by atoms with van der Waals surface area (Å²) in [6.07, 6.45) is 0. The van der Waals surface area contributed by atoms with E-state index < -0.39 is 5.97 Å². The first kappa shape index (κ1) is 10.6. The van der Waals surface area contributed by atoms with Crippen LogP contribution < -0.4 is 4.74 Å². The van der Waals surface area contributed by atoms with E-state index in [1.54, 1.807) is 6.07 Å². The third-order valence-electron chi connectivity index (χ3n) is 2.33. The van der Waals surface area contributed by atoms with Gasteiger partial charge in [-0.1, -0.05) is 0 Å². The summed E-state index contributed by atoms with van der Waals surface area (Å²) in [5, 5.41) is 9.57. The van der Waals surface area contributed by atoms with Crippen LogP contribution in [0.3, 0.4) is 0 Å². The number of phenols is 1. The van der Waals surface area contributed by atoms with Crippen LogP contribution in [-0.2, 0) is 4.79 Å². The average Bonchev–Trinajstić information content (AvgIpc) is 2.09. The minimum absolute atomic E-state index is 0.0146. The van der Waals surface area contributed by atoms with Gasteiger partial charge < -0.3 is 9.84 Å². The van der Waals surface area contributed by atoms with Crippen LogP contribution in [0, 0.1) is 20.8 Å². The van der Waals surface area contributed by atoms with Gasteiger partial charge in [0.2, 0.25) is 0 Å². The molecule has 0 heterocycles. The molecule has 0 aliphatic rings. The Morgan fingerprint density at radius 2 is 1.86 bits per heavy atom. The molecule has 0 aliphatic heterocycles. The highest BCUT2D eigenvalue weighted by molar-refractivity contribution is 5.71. The first-order valence-corrected chi connectivity index (χ1v) is 4.41. The van der Waals surface area contributed by atoms with E-state index >= 15 is 0 Å². The number of carbonyl (C=O) groups excluding carboxylic acids is 1. The van der Waals surface area contributed by atoms with Crippen molar-refractivity contribution in [1.82, 2.24) is 0 Å². The van der Waals surface area contributed by atoms with Gasteiger partial charge in [0.25, 0.3) is 0 Å². The summed E-state index contributed by atoms with van der Waals surface area (Å²) in [7, 11) is 0. The normalized spacial score (nSPS) is 10.0. The lowest BCUT2D eigenvalue weighted by Gasteiger charge is -2.12. The Bertz CT molecular complexity index is 381. The molecule has 0 saturated carbocycles. The fourth-order valence-electron chi connectivity index (χ4n) is 1.31. The van der Waals surface area contributed by atoms with Gasteiger partial charge in [0, 0.05) is 6.92 Å². The number of aromatic hydroxyl groups is 1. The maximum absolute atomic E-state index is 10.8. The zero-order valence-corrected chi connectivity index (χ0v) is 8.84. The molecule has 0 spiro atoms. The highest BCUT2D eigenvalue weighted by Crippen LogP contribution is 2.34. The predicted octanol–water partition coefficient (Wildman–Crippen LogP) is 2.24. The monoisotopic (exact) mass is 194 g/mol. The Morgan fingerprint density at radius 1 is 1.29 bits per heavy atom. The standard InChI is InChI=1S/C11H14O3/c1-6-5-10(13)11(14-9(4)12)8(3)7(6)2/h5,13H,1-4H3. The van der Waals surface area contributed by atoms with Gasteiger partial charge >= 0.3 is 5.97 Å².